The third kappa shape index (κ3) is 4.23. The first-order valence-electron chi connectivity index (χ1n) is 6.01. The number of rotatable bonds is 5. The summed E-state index contributed by atoms with van der Waals surface area (Å²) in [5.74, 6) is 0.172. The topological polar surface area (TPSA) is 29.1 Å². The van der Waals surface area contributed by atoms with E-state index in [4.69, 9.17) is 0 Å². The molecule has 0 radical (unpaired) electrons. The van der Waals surface area contributed by atoms with Crippen LogP contribution in [-0.2, 0) is 4.79 Å². The Morgan fingerprint density at radius 2 is 1.60 bits per heavy atom. The summed E-state index contributed by atoms with van der Waals surface area (Å²) in [4.78, 5) is 12.0. The zero-order valence-electron chi connectivity index (χ0n) is 11.2. The van der Waals surface area contributed by atoms with E-state index >= 15 is 0 Å². The van der Waals surface area contributed by atoms with Crippen LogP contribution in [0, 0.1) is 10.8 Å². The standard InChI is InChI=1S/C13H27NO/c1-7-8-9-10-14-11(15)13(5,6)12(2,3)4/h7-10H2,1-6H3,(H,14,15). The van der Waals surface area contributed by atoms with Crippen LogP contribution in [0.2, 0.25) is 0 Å². The summed E-state index contributed by atoms with van der Waals surface area (Å²) in [6.07, 6.45) is 3.47. The quantitative estimate of drug-likeness (QED) is 0.697. The molecule has 0 aliphatic carbocycles. The van der Waals surface area contributed by atoms with E-state index in [1.165, 1.54) is 12.8 Å². The minimum Gasteiger partial charge on any atom is -0.356 e. The molecule has 15 heavy (non-hydrogen) atoms. The van der Waals surface area contributed by atoms with E-state index in [0.717, 1.165) is 13.0 Å². The van der Waals surface area contributed by atoms with E-state index in [2.05, 4.69) is 33.0 Å². The highest BCUT2D eigenvalue weighted by atomic mass is 16.2. The monoisotopic (exact) mass is 213 g/mol. The molecule has 0 aromatic heterocycles. The van der Waals surface area contributed by atoms with Gasteiger partial charge in [0.1, 0.15) is 0 Å². The first-order valence-corrected chi connectivity index (χ1v) is 6.01. The minimum absolute atomic E-state index is 0.00183. The summed E-state index contributed by atoms with van der Waals surface area (Å²) in [5.41, 5.74) is -0.305. The Labute approximate surface area is 94.8 Å². The van der Waals surface area contributed by atoms with Gasteiger partial charge in [0.15, 0.2) is 0 Å². The van der Waals surface area contributed by atoms with Crippen LogP contribution in [0.5, 0.6) is 0 Å². The van der Waals surface area contributed by atoms with Gasteiger partial charge in [0.25, 0.3) is 0 Å². The van der Waals surface area contributed by atoms with E-state index in [1.807, 2.05) is 13.8 Å². The Hall–Kier alpha value is -0.530. The van der Waals surface area contributed by atoms with Crippen molar-refractivity contribution in [3.8, 4) is 0 Å². The van der Waals surface area contributed by atoms with Gasteiger partial charge in [0.05, 0.1) is 0 Å². The van der Waals surface area contributed by atoms with Crippen LogP contribution in [0.3, 0.4) is 0 Å². The lowest BCUT2D eigenvalue weighted by atomic mass is 9.69. The van der Waals surface area contributed by atoms with Gasteiger partial charge in [0, 0.05) is 12.0 Å². The van der Waals surface area contributed by atoms with Crippen molar-refractivity contribution in [2.45, 2.75) is 60.8 Å². The summed E-state index contributed by atoms with van der Waals surface area (Å²) in [6, 6.07) is 0. The molecule has 0 saturated heterocycles. The molecule has 1 amide bonds. The third-order valence-electron chi connectivity index (χ3n) is 3.51. The maximum atomic E-state index is 12.0. The lowest BCUT2D eigenvalue weighted by Gasteiger charge is -2.37. The highest BCUT2D eigenvalue weighted by molar-refractivity contribution is 5.82. The van der Waals surface area contributed by atoms with Crippen molar-refractivity contribution in [1.82, 2.24) is 5.32 Å². The number of carbonyl (C=O) groups excluding carboxylic acids is 1. The third-order valence-corrected chi connectivity index (χ3v) is 3.51. The lowest BCUT2D eigenvalue weighted by Crippen LogP contribution is -2.45. The average molecular weight is 213 g/mol. The van der Waals surface area contributed by atoms with Gasteiger partial charge in [-0.15, -0.1) is 0 Å². The second-order valence-electron chi connectivity index (χ2n) is 5.84. The maximum Gasteiger partial charge on any atom is 0.226 e. The van der Waals surface area contributed by atoms with E-state index in [9.17, 15) is 4.79 Å². The van der Waals surface area contributed by atoms with Crippen LogP contribution in [0.15, 0.2) is 0 Å². The molecule has 0 atom stereocenters. The van der Waals surface area contributed by atoms with Gasteiger partial charge in [-0.3, -0.25) is 4.79 Å². The van der Waals surface area contributed by atoms with E-state index in [-0.39, 0.29) is 16.7 Å². The van der Waals surface area contributed by atoms with Crippen LogP contribution in [-0.4, -0.2) is 12.5 Å². The predicted molar refractivity (Wildman–Crippen MR) is 65.8 cm³/mol. The molecule has 0 aliphatic rings. The molecule has 0 unspecified atom stereocenters. The molecule has 0 aliphatic heterocycles. The highest BCUT2D eigenvalue weighted by Gasteiger charge is 2.39. The van der Waals surface area contributed by atoms with Gasteiger partial charge in [0.2, 0.25) is 5.91 Å². The number of unbranched alkanes of at least 4 members (excludes halogenated alkanes) is 2. The van der Waals surface area contributed by atoms with Gasteiger partial charge in [-0.1, -0.05) is 54.4 Å². The summed E-state index contributed by atoms with van der Waals surface area (Å²) in [5, 5.41) is 3.03. The van der Waals surface area contributed by atoms with Crippen molar-refractivity contribution in [2.75, 3.05) is 6.54 Å². The Bertz CT molecular complexity index is 201. The van der Waals surface area contributed by atoms with Crippen LogP contribution >= 0.6 is 0 Å². The molecule has 0 aromatic carbocycles. The highest BCUT2D eigenvalue weighted by Crippen LogP contribution is 2.37. The molecule has 0 saturated carbocycles. The maximum absolute atomic E-state index is 12.0. The van der Waals surface area contributed by atoms with E-state index < -0.39 is 0 Å². The fourth-order valence-corrected chi connectivity index (χ4v) is 1.14. The van der Waals surface area contributed by atoms with Crippen LogP contribution in [0.25, 0.3) is 0 Å². The molecule has 0 aromatic rings. The molecule has 2 heteroatoms. The number of hydrogen-bond acceptors (Lipinski definition) is 1. The second-order valence-corrected chi connectivity index (χ2v) is 5.84. The van der Waals surface area contributed by atoms with Crippen molar-refractivity contribution >= 4 is 5.91 Å². The van der Waals surface area contributed by atoms with Crippen molar-refractivity contribution in [3.05, 3.63) is 0 Å². The normalized spacial score (nSPS) is 12.7. The number of amides is 1. The Morgan fingerprint density at radius 3 is 2.00 bits per heavy atom. The summed E-state index contributed by atoms with van der Waals surface area (Å²) >= 11 is 0. The SMILES string of the molecule is CCCCCNC(=O)C(C)(C)C(C)(C)C. The van der Waals surface area contributed by atoms with Crippen molar-refractivity contribution in [3.63, 3.8) is 0 Å². The van der Waals surface area contributed by atoms with Crippen molar-refractivity contribution in [2.24, 2.45) is 10.8 Å². The molecule has 2 nitrogen and oxygen atoms in total. The predicted octanol–water partition coefficient (Wildman–Crippen LogP) is 3.37. The fraction of sp³-hybridized carbons (Fsp3) is 0.923. The minimum atomic E-state index is -0.306. The second kappa shape index (κ2) is 5.53. The zero-order valence-corrected chi connectivity index (χ0v) is 11.2. The van der Waals surface area contributed by atoms with Gasteiger partial charge < -0.3 is 5.32 Å². The zero-order chi connectivity index (χ0) is 12.1. The van der Waals surface area contributed by atoms with Crippen molar-refractivity contribution < 1.29 is 4.79 Å². The molecule has 1 N–H and O–H groups in total. The van der Waals surface area contributed by atoms with Crippen molar-refractivity contribution in [1.29, 1.82) is 0 Å². The van der Waals surface area contributed by atoms with E-state index in [1.54, 1.807) is 0 Å². The summed E-state index contributed by atoms with van der Waals surface area (Å²) in [7, 11) is 0. The molecule has 0 bridgehead atoms. The molecule has 0 fully saturated rings. The van der Waals surface area contributed by atoms with Crippen LogP contribution < -0.4 is 5.32 Å². The largest absolute Gasteiger partial charge is 0.356 e. The Balaban J connectivity index is 4.10. The summed E-state index contributed by atoms with van der Waals surface area (Å²) in [6.45, 7) is 13.3. The van der Waals surface area contributed by atoms with E-state index in [0.29, 0.717) is 0 Å². The van der Waals surface area contributed by atoms with Gasteiger partial charge in [-0.25, -0.2) is 0 Å². The molecule has 0 heterocycles. The van der Waals surface area contributed by atoms with Gasteiger partial charge in [-0.05, 0) is 11.8 Å². The molecule has 90 valence electrons. The Morgan fingerprint density at radius 1 is 1.07 bits per heavy atom. The van der Waals surface area contributed by atoms with Gasteiger partial charge in [-0.2, -0.15) is 0 Å². The molecular formula is C13H27NO. The lowest BCUT2D eigenvalue weighted by molar-refractivity contribution is -0.134. The number of carbonyl (C=O) groups is 1. The molecule has 0 spiro atoms. The smallest absolute Gasteiger partial charge is 0.226 e. The first kappa shape index (κ1) is 14.5. The summed E-state index contributed by atoms with van der Waals surface area (Å²) < 4.78 is 0. The first-order chi connectivity index (χ1) is 6.73. The fourth-order valence-electron chi connectivity index (χ4n) is 1.14. The van der Waals surface area contributed by atoms with Crippen LogP contribution in [0.4, 0.5) is 0 Å². The molecule has 0 rings (SSSR count). The van der Waals surface area contributed by atoms with Crippen LogP contribution in [0.1, 0.15) is 60.8 Å². The van der Waals surface area contributed by atoms with Gasteiger partial charge >= 0.3 is 0 Å². The Kier molecular flexibility index (Phi) is 5.33. The molecular weight excluding hydrogens is 186 g/mol. The number of hydrogen-bond donors (Lipinski definition) is 1. The number of nitrogens with one attached hydrogen (secondary N) is 1. The average Bonchev–Trinajstić information content (AvgIpc) is 2.10.